The maximum absolute atomic E-state index is 13.0. The molecule has 1 heterocycles. The van der Waals surface area contributed by atoms with Crippen LogP contribution in [0.5, 0.6) is 23.0 Å². The number of fused-ring (bicyclic) bond motifs is 2. The van der Waals surface area contributed by atoms with Crippen LogP contribution < -0.4 is 18.9 Å². The quantitative estimate of drug-likeness (QED) is 0.835. The molecule has 1 aliphatic carbocycles. The van der Waals surface area contributed by atoms with Crippen LogP contribution >= 0.6 is 0 Å². The second kappa shape index (κ2) is 6.12. The lowest BCUT2D eigenvalue weighted by Crippen LogP contribution is -2.56. The van der Waals surface area contributed by atoms with E-state index in [9.17, 15) is 15.0 Å². The van der Waals surface area contributed by atoms with Crippen molar-refractivity contribution in [2.45, 2.75) is 25.0 Å². The number of carbonyl (C=O) groups excluding carboxylic acids is 1. The van der Waals surface area contributed by atoms with E-state index in [4.69, 9.17) is 18.9 Å². The Balaban J connectivity index is 2.01. The van der Waals surface area contributed by atoms with Crippen LogP contribution in [-0.4, -0.2) is 42.6 Å². The molecule has 0 fully saturated rings. The SMILES string of the molecule is COc1cc2c(cc1OC)[C@@](O)(c1ccc3c(c1)OCO3)[C@@H](C)[C@@](C)(O)C2=O. The maximum Gasteiger partial charge on any atom is 0.231 e. The molecule has 3 atom stereocenters. The van der Waals surface area contributed by atoms with Crippen molar-refractivity contribution in [3.63, 3.8) is 0 Å². The molecule has 2 aliphatic rings. The van der Waals surface area contributed by atoms with Crippen molar-refractivity contribution in [1.29, 1.82) is 0 Å². The Kier molecular flexibility index (Phi) is 4.06. The van der Waals surface area contributed by atoms with E-state index in [1.54, 1.807) is 31.2 Å². The number of carbonyl (C=O) groups is 1. The van der Waals surface area contributed by atoms with Crippen LogP contribution in [0.3, 0.4) is 0 Å². The summed E-state index contributed by atoms with van der Waals surface area (Å²) < 4.78 is 21.5. The number of hydrogen-bond acceptors (Lipinski definition) is 7. The fraction of sp³-hybridized carbons (Fsp3) is 0.381. The number of hydrogen-bond donors (Lipinski definition) is 2. The summed E-state index contributed by atoms with van der Waals surface area (Å²) >= 11 is 0. The standard InChI is InChI=1S/C21H22O7/c1-11-20(2,23)19(22)13-8-16(25-3)17(26-4)9-14(13)21(11,24)12-5-6-15-18(7-12)28-10-27-15/h5-9,11,23-24H,10H2,1-4H3/t11-,20+,21-/m0/s1. The zero-order valence-electron chi connectivity index (χ0n) is 16.1. The highest BCUT2D eigenvalue weighted by Gasteiger charge is 2.56. The summed E-state index contributed by atoms with van der Waals surface area (Å²) in [5, 5.41) is 22.9. The minimum absolute atomic E-state index is 0.102. The van der Waals surface area contributed by atoms with Gasteiger partial charge in [-0.2, -0.15) is 0 Å². The topological polar surface area (TPSA) is 94.5 Å². The predicted molar refractivity (Wildman–Crippen MR) is 99.2 cm³/mol. The average Bonchev–Trinajstić information content (AvgIpc) is 3.17. The van der Waals surface area contributed by atoms with Crippen molar-refractivity contribution in [3.8, 4) is 23.0 Å². The van der Waals surface area contributed by atoms with E-state index < -0.39 is 22.9 Å². The summed E-state index contributed by atoms with van der Waals surface area (Å²) in [6, 6.07) is 8.16. The predicted octanol–water partition coefficient (Wildman–Crippen LogP) is 2.25. The first-order valence-corrected chi connectivity index (χ1v) is 8.91. The van der Waals surface area contributed by atoms with Crippen LogP contribution in [0.1, 0.15) is 35.3 Å². The van der Waals surface area contributed by atoms with E-state index in [0.29, 0.717) is 34.1 Å². The molecule has 7 nitrogen and oxygen atoms in total. The third-order valence-electron chi connectivity index (χ3n) is 5.92. The van der Waals surface area contributed by atoms with E-state index >= 15 is 0 Å². The molecule has 0 radical (unpaired) electrons. The zero-order chi connectivity index (χ0) is 20.3. The van der Waals surface area contributed by atoms with Crippen LogP contribution in [0.25, 0.3) is 0 Å². The Bertz CT molecular complexity index is 965. The number of methoxy groups -OCH3 is 2. The molecule has 1 aliphatic heterocycles. The number of Topliss-reactive ketones (excluding diaryl/α,β-unsaturated/α-hetero) is 1. The van der Waals surface area contributed by atoms with E-state index in [1.165, 1.54) is 27.2 Å². The van der Waals surface area contributed by atoms with Crippen LogP contribution in [0.15, 0.2) is 30.3 Å². The molecular formula is C21H22O7. The molecule has 0 unspecified atom stereocenters. The Labute approximate surface area is 162 Å². The van der Waals surface area contributed by atoms with Gasteiger partial charge in [-0.3, -0.25) is 4.79 Å². The Morgan fingerprint density at radius 3 is 2.36 bits per heavy atom. The van der Waals surface area contributed by atoms with Crippen molar-refractivity contribution in [2.75, 3.05) is 21.0 Å². The van der Waals surface area contributed by atoms with Crippen molar-refractivity contribution < 1.29 is 34.0 Å². The van der Waals surface area contributed by atoms with Crippen LogP contribution in [0, 0.1) is 5.92 Å². The Hall–Kier alpha value is -2.77. The van der Waals surface area contributed by atoms with Gasteiger partial charge in [0.15, 0.2) is 28.8 Å². The second-order valence-electron chi connectivity index (χ2n) is 7.29. The molecule has 0 bridgehead atoms. The molecule has 0 amide bonds. The second-order valence-corrected chi connectivity index (χ2v) is 7.29. The van der Waals surface area contributed by atoms with Crippen LogP contribution in [0.4, 0.5) is 0 Å². The largest absolute Gasteiger partial charge is 0.493 e. The number of aliphatic hydroxyl groups is 2. The van der Waals surface area contributed by atoms with E-state index in [-0.39, 0.29) is 12.4 Å². The van der Waals surface area contributed by atoms with Crippen LogP contribution in [-0.2, 0) is 5.60 Å². The van der Waals surface area contributed by atoms with Gasteiger partial charge < -0.3 is 29.2 Å². The third-order valence-corrected chi connectivity index (χ3v) is 5.92. The number of ketones is 1. The van der Waals surface area contributed by atoms with Gasteiger partial charge in [0, 0.05) is 17.0 Å². The smallest absolute Gasteiger partial charge is 0.231 e. The first-order valence-electron chi connectivity index (χ1n) is 8.91. The number of rotatable bonds is 3. The van der Waals surface area contributed by atoms with Gasteiger partial charge in [0.05, 0.1) is 14.2 Å². The summed E-state index contributed by atoms with van der Waals surface area (Å²) in [5.41, 5.74) is -2.47. The molecule has 2 aromatic rings. The third kappa shape index (κ3) is 2.33. The molecule has 148 valence electrons. The van der Waals surface area contributed by atoms with Gasteiger partial charge in [-0.25, -0.2) is 0 Å². The average molecular weight is 386 g/mol. The first kappa shape index (κ1) is 18.6. The summed E-state index contributed by atoms with van der Waals surface area (Å²) in [4.78, 5) is 13.0. The van der Waals surface area contributed by atoms with Crippen molar-refractivity contribution >= 4 is 5.78 Å². The minimum atomic E-state index is -1.79. The van der Waals surface area contributed by atoms with Gasteiger partial charge in [0.25, 0.3) is 0 Å². The van der Waals surface area contributed by atoms with Gasteiger partial charge >= 0.3 is 0 Å². The molecule has 7 heteroatoms. The van der Waals surface area contributed by atoms with Gasteiger partial charge in [0.1, 0.15) is 11.2 Å². The summed E-state index contributed by atoms with van der Waals surface area (Å²) in [6.45, 7) is 3.16. The summed E-state index contributed by atoms with van der Waals surface area (Å²) in [7, 11) is 2.94. The first-order chi connectivity index (χ1) is 13.2. The molecule has 0 saturated carbocycles. The van der Waals surface area contributed by atoms with E-state index in [1.807, 2.05) is 0 Å². The highest BCUT2D eigenvalue weighted by Crippen LogP contribution is 2.52. The van der Waals surface area contributed by atoms with Crippen molar-refractivity contribution in [1.82, 2.24) is 0 Å². The monoisotopic (exact) mass is 386 g/mol. The fourth-order valence-corrected chi connectivity index (χ4v) is 4.03. The molecule has 2 aromatic carbocycles. The molecular weight excluding hydrogens is 364 g/mol. The molecule has 4 rings (SSSR count). The normalized spacial score (nSPS) is 28.1. The zero-order valence-corrected chi connectivity index (χ0v) is 16.1. The minimum Gasteiger partial charge on any atom is -0.493 e. The van der Waals surface area contributed by atoms with Gasteiger partial charge in [-0.15, -0.1) is 0 Å². The molecule has 28 heavy (non-hydrogen) atoms. The van der Waals surface area contributed by atoms with Crippen LogP contribution in [0.2, 0.25) is 0 Å². The molecule has 0 saturated heterocycles. The molecule has 0 aromatic heterocycles. The molecule has 0 spiro atoms. The van der Waals surface area contributed by atoms with E-state index in [0.717, 1.165) is 0 Å². The number of benzene rings is 2. The number of ether oxygens (including phenoxy) is 4. The van der Waals surface area contributed by atoms with Crippen molar-refractivity contribution in [2.24, 2.45) is 5.92 Å². The van der Waals surface area contributed by atoms with Gasteiger partial charge in [-0.05, 0) is 36.8 Å². The Morgan fingerprint density at radius 2 is 1.68 bits per heavy atom. The Morgan fingerprint density at radius 1 is 1.04 bits per heavy atom. The molecule has 2 N–H and O–H groups in total. The highest BCUT2D eigenvalue weighted by atomic mass is 16.7. The van der Waals surface area contributed by atoms with Gasteiger partial charge in [-0.1, -0.05) is 13.0 Å². The fourth-order valence-electron chi connectivity index (χ4n) is 4.03. The highest BCUT2D eigenvalue weighted by molar-refractivity contribution is 6.06. The lowest BCUT2D eigenvalue weighted by Gasteiger charge is -2.47. The van der Waals surface area contributed by atoms with E-state index in [2.05, 4.69) is 0 Å². The summed E-state index contributed by atoms with van der Waals surface area (Å²) in [6.07, 6.45) is 0. The maximum atomic E-state index is 13.0. The lowest BCUT2D eigenvalue weighted by molar-refractivity contribution is -0.0819. The summed E-state index contributed by atoms with van der Waals surface area (Å²) in [5.74, 6) is 0.456. The van der Waals surface area contributed by atoms with Crippen molar-refractivity contribution in [3.05, 3.63) is 47.0 Å². The lowest BCUT2D eigenvalue weighted by atomic mass is 9.62. The van der Waals surface area contributed by atoms with Gasteiger partial charge in [0.2, 0.25) is 6.79 Å².